The van der Waals surface area contributed by atoms with Crippen molar-refractivity contribution in [1.29, 1.82) is 0 Å². The van der Waals surface area contributed by atoms with E-state index in [0.717, 1.165) is 0 Å². The Morgan fingerprint density at radius 3 is 2.83 bits per heavy atom. The van der Waals surface area contributed by atoms with Crippen molar-refractivity contribution in [2.75, 3.05) is 5.32 Å². The molecule has 2 heterocycles. The van der Waals surface area contributed by atoms with Crippen molar-refractivity contribution in [3.63, 3.8) is 0 Å². The molecule has 0 fully saturated rings. The first-order valence-electron chi connectivity index (χ1n) is 7.15. The molecule has 1 aliphatic heterocycles. The highest BCUT2D eigenvalue weighted by Gasteiger charge is 2.23. The first-order chi connectivity index (χ1) is 11.7. The Labute approximate surface area is 135 Å². The van der Waals surface area contributed by atoms with Crippen LogP contribution in [0.1, 0.15) is 21.5 Å². The summed E-state index contributed by atoms with van der Waals surface area (Å²) < 4.78 is 14.3. The second-order valence-electron chi connectivity index (χ2n) is 5.23. The van der Waals surface area contributed by atoms with E-state index in [-0.39, 0.29) is 5.56 Å². The largest absolute Gasteiger partial charge is 0.478 e. The van der Waals surface area contributed by atoms with Gasteiger partial charge in [-0.1, -0.05) is 12.1 Å². The number of hydrogen-bond acceptors (Lipinski definition) is 4. The van der Waals surface area contributed by atoms with Crippen molar-refractivity contribution in [2.24, 2.45) is 4.99 Å². The molecule has 1 aliphatic rings. The highest BCUT2D eigenvalue weighted by atomic mass is 19.1. The lowest BCUT2D eigenvalue weighted by Crippen LogP contribution is -2.10. The summed E-state index contributed by atoms with van der Waals surface area (Å²) in [4.78, 5) is 15.9. The molecule has 0 saturated carbocycles. The van der Waals surface area contributed by atoms with Gasteiger partial charge in [-0.15, -0.1) is 0 Å². The Morgan fingerprint density at radius 1 is 1.21 bits per heavy atom. The maximum Gasteiger partial charge on any atom is 0.337 e. The van der Waals surface area contributed by atoms with E-state index in [1.807, 2.05) is 0 Å². The molecule has 3 N–H and O–H groups in total. The van der Waals surface area contributed by atoms with Crippen LogP contribution in [0.5, 0.6) is 0 Å². The first-order valence-corrected chi connectivity index (χ1v) is 7.15. The van der Waals surface area contributed by atoms with Crippen LogP contribution in [0.3, 0.4) is 0 Å². The number of nitrogens with zero attached hydrogens (tertiary/aromatic N) is 2. The van der Waals surface area contributed by atoms with Crippen LogP contribution in [0.25, 0.3) is 10.9 Å². The quantitative estimate of drug-likeness (QED) is 0.676. The molecule has 118 valence electrons. The van der Waals surface area contributed by atoms with E-state index in [1.54, 1.807) is 24.4 Å². The van der Waals surface area contributed by atoms with E-state index in [4.69, 9.17) is 0 Å². The monoisotopic (exact) mass is 322 g/mol. The molecule has 0 unspecified atom stereocenters. The molecule has 3 aromatic rings. The van der Waals surface area contributed by atoms with Gasteiger partial charge in [0.25, 0.3) is 0 Å². The average molecular weight is 322 g/mol. The molecule has 0 amide bonds. The van der Waals surface area contributed by atoms with Crippen molar-refractivity contribution in [2.45, 2.75) is 0 Å². The minimum absolute atomic E-state index is 0.0500. The van der Waals surface area contributed by atoms with Crippen LogP contribution in [0.2, 0.25) is 0 Å². The summed E-state index contributed by atoms with van der Waals surface area (Å²) in [5.41, 5.74) is 2.23. The number of rotatable bonds is 2. The molecule has 2 aromatic carbocycles. The van der Waals surface area contributed by atoms with Crippen molar-refractivity contribution < 1.29 is 14.3 Å². The van der Waals surface area contributed by atoms with Gasteiger partial charge >= 0.3 is 5.97 Å². The van der Waals surface area contributed by atoms with Gasteiger partial charge in [0.05, 0.1) is 28.7 Å². The van der Waals surface area contributed by atoms with Gasteiger partial charge in [-0.3, -0.25) is 10.1 Å². The lowest BCUT2D eigenvalue weighted by atomic mass is 9.95. The van der Waals surface area contributed by atoms with Crippen molar-refractivity contribution in [1.82, 2.24) is 10.2 Å². The molecular weight excluding hydrogens is 311 g/mol. The number of carbonyl (C=O) groups is 1. The average Bonchev–Trinajstić information content (AvgIpc) is 2.96. The molecule has 1 aromatic heterocycles. The van der Waals surface area contributed by atoms with Crippen LogP contribution in [0, 0.1) is 5.82 Å². The van der Waals surface area contributed by atoms with Gasteiger partial charge in [-0.05, 0) is 18.2 Å². The number of nitrogens with one attached hydrogen (secondary N) is 2. The normalized spacial score (nSPS) is 13.1. The molecule has 0 bridgehead atoms. The van der Waals surface area contributed by atoms with Crippen LogP contribution < -0.4 is 5.32 Å². The lowest BCUT2D eigenvalue weighted by molar-refractivity contribution is 0.0699. The number of aromatic carboxylic acids is 1. The van der Waals surface area contributed by atoms with Gasteiger partial charge in [0, 0.05) is 28.9 Å². The molecule has 4 rings (SSSR count). The zero-order valence-electron chi connectivity index (χ0n) is 12.2. The summed E-state index contributed by atoms with van der Waals surface area (Å²) in [6.07, 6.45) is 4.65. The molecular formula is C17H11FN4O2. The number of H-pyrrole nitrogens is 1. The molecule has 24 heavy (non-hydrogen) atoms. The SMILES string of the molecule is O=C(O)c1cc2c(c3cn[nH]c13)NC=CN=C2c1ccccc1F. The summed E-state index contributed by atoms with van der Waals surface area (Å²) >= 11 is 0. The highest BCUT2D eigenvalue weighted by molar-refractivity contribution is 6.22. The predicted molar refractivity (Wildman–Crippen MR) is 87.9 cm³/mol. The third-order valence-corrected chi connectivity index (χ3v) is 3.86. The zero-order chi connectivity index (χ0) is 16.7. The van der Waals surface area contributed by atoms with Gasteiger partial charge in [-0.25, -0.2) is 9.18 Å². The van der Waals surface area contributed by atoms with Gasteiger partial charge in [0.15, 0.2) is 0 Å². The van der Waals surface area contributed by atoms with Crippen LogP contribution >= 0.6 is 0 Å². The maximum absolute atomic E-state index is 14.3. The Balaban J connectivity index is 2.07. The molecule has 0 aliphatic carbocycles. The third kappa shape index (κ3) is 2.06. The highest BCUT2D eigenvalue weighted by Crippen LogP contribution is 2.33. The number of carboxylic acids is 1. The zero-order valence-corrected chi connectivity index (χ0v) is 12.2. The second-order valence-corrected chi connectivity index (χ2v) is 5.23. The van der Waals surface area contributed by atoms with E-state index in [0.29, 0.717) is 33.4 Å². The summed E-state index contributed by atoms with van der Waals surface area (Å²) in [5, 5.41) is 19.8. The minimum atomic E-state index is -1.10. The topological polar surface area (TPSA) is 90.4 Å². The Hall–Kier alpha value is -3.48. The summed E-state index contributed by atoms with van der Waals surface area (Å²) in [7, 11) is 0. The van der Waals surface area contributed by atoms with E-state index in [9.17, 15) is 14.3 Å². The number of aliphatic imine (C=N–C) groups is 1. The molecule has 0 radical (unpaired) electrons. The van der Waals surface area contributed by atoms with Crippen molar-refractivity contribution in [3.05, 3.63) is 71.4 Å². The molecule has 6 nitrogen and oxygen atoms in total. The Kier molecular flexibility index (Phi) is 3.13. The minimum Gasteiger partial charge on any atom is -0.478 e. The van der Waals surface area contributed by atoms with E-state index in [1.165, 1.54) is 24.5 Å². The van der Waals surface area contributed by atoms with Crippen molar-refractivity contribution in [3.8, 4) is 0 Å². The van der Waals surface area contributed by atoms with E-state index < -0.39 is 11.8 Å². The fourth-order valence-corrected chi connectivity index (χ4v) is 2.80. The van der Waals surface area contributed by atoms with E-state index in [2.05, 4.69) is 20.5 Å². The lowest BCUT2D eigenvalue weighted by Gasteiger charge is -2.13. The number of aromatic amines is 1. The number of anilines is 1. The second kappa shape index (κ2) is 5.31. The van der Waals surface area contributed by atoms with Gasteiger partial charge in [-0.2, -0.15) is 5.10 Å². The number of aromatic nitrogens is 2. The maximum atomic E-state index is 14.3. The first kappa shape index (κ1) is 14.1. The van der Waals surface area contributed by atoms with Gasteiger partial charge in [0.1, 0.15) is 5.82 Å². The van der Waals surface area contributed by atoms with Crippen molar-refractivity contribution >= 4 is 28.3 Å². The predicted octanol–water partition coefficient (Wildman–Crippen LogP) is 3.13. The number of halogens is 1. The molecule has 7 heteroatoms. The molecule has 0 atom stereocenters. The number of carboxylic acid groups (broad SMARTS) is 1. The fourth-order valence-electron chi connectivity index (χ4n) is 2.80. The molecule has 0 spiro atoms. The van der Waals surface area contributed by atoms with Gasteiger partial charge in [0.2, 0.25) is 0 Å². The number of benzene rings is 2. The fraction of sp³-hybridized carbons (Fsp3) is 0. The summed E-state index contributed by atoms with van der Waals surface area (Å²) in [6.45, 7) is 0. The van der Waals surface area contributed by atoms with Crippen LogP contribution in [0.15, 0.2) is 53.9 Å². The molecule has 0 saturated heterocycles. The standard InChI is InChI=1S/C17H11FN4O2/c18-13-4-2-1-3-9(13)14-10-7-11(17(23)24)16-12(8-21-22-16)15(10)20-6-5-19-14/h1-8,20H,(H,21,22)(H,23,24). The Morgan fingerprint density at radius 2 is 2.04 bits per heavy atom. The summed E-state index contributed by atoms with van der Waals surface area (Å²) in [5.74, 6) is -1.53. The third-order valence-electron chi connectivity index (χ3n) is 3.86. The van der Waals surface area contributed by atoms with E-state index >= 15 is 0 Å². The van der Waals surface area contributed by atoms with Crippen LogP contribution in [0.4, 0.5) is 10.1 Å². The number of fused-ring (bicyclic) bond motifs is 3. The smallest absolute Gasteiger partial charge is 0.337 e. The number of hydrogen-bond donors (Lipinski definition) is 3. The van der Waals surface area contributed by atoms with Gasteiger partial charge < -0.3 is 10.4 Å². The Bertz CT molecular complexity index is 1040. The van der Waals surface area contributed by atoms with Crippen LogP contribution in [-0.2, 0) is 0 Å². The summed E-state index contributed by atoms with van der Waals surface area (Å²) in [6, 6.07) is 7.72. The van der Waals surface area contributed by atoms with Crippen LogP contribution in [-0.4, -0.2) is 27.0 Å².